The lowest BCUT2D eigenvalue weighted by Gasteiger charge is -2.54. The van der Waals surface area contributed by atoms with E-state index in [0.29, 0.717) is 48.8 Å². The number of aromatic hydroxyl groups is 1. The molecule has 0 aliphatic heterocycles. The van der Waals surface area contributed by atoms with E-state index in [2.05, 4.69) is 17.9 Å². The van der Waals surface area contributed by atoms with Crippen molar-refractivity contribution in [3.05, 3.63) is 29.3 Å². The number of unbranched alkanes of at least 4 members (excludes halogenated alkanes) is 5. The molecule has 6 atom stereocenters. The summed E-state index contributed by atoms with van der Waals surface area (Å²) in [6, 6.07) is 5.80. The maximum atomic E-state index is 13.7. The molecule has 0 spiro atoms. The van der Waals surface area contributed by atoms with Crippen molar-refractivity contribution in [3.63, 3.8) is 0 Å². The minimum Gasteiger partial charge on any atom is -0.508 e. The quantitative estimate of drug-likeness (QED) is 0.144. The van der Waals surface area contributed by atoms with Crippen molar-refractivity contribution in [1.29, 1.82) is 0 Å². The molecule has 3 aliphatic carbocycles. The van der Waals surface area contributed by atoms with Crippen LogP contribution in [0.3, 0.4) is 0 Å². The Labute approximate surface area is 265 Å². The molecule has 0 bridgehead atoms. The fraction of sp³-hybridized carbons (Fsp3) is 0.824. The zero-order valence-corrected chi connectivity index (χ0v) is 26.7. The first-order valence-corrected chi connectivity index (χ1v) is 16.7. The van der Waals surface area contributed by atoms with Crippen LogP contribution in [0.1, 0.15) is 107 Å². The largest absolute Gasteiger partial charge is 0.508 e. The van der Waals surface area contributed by atoms with Crippen LogP contribution in [0, 0.1) is 23.2 Å². The molecule has 3 nitrogen and oxygen atoms in total. The highest BCUT2D eigenvalue weighted by atomic mass is 19.4. The Morgan fingerprint density at radius 1 is 0.826 bits per heavy atom. The molecule has 264 valence electrons. The Balaban J connectivity index is 1.17. The average Bonchev–Trinajstić information content (AvgIpc) is 3.26. The number of hydrogen-bond donors (Lipinski definition) is 2. The zero-order valence-electron chi connectivity index (χ0n) is 26.7. The second-order valence-corrected chi connectivity index (χ2v) is 14.4. The Kier molecular flexibility index (Phi) is 11.3. The van der Waals surface area contributed by atoms with Gasteiger partial charge in [0.05, 0.1) is 6.10 Å². The van der Waals surface area contributed by atoms with Gasteiger partial charge in [0.1, 0.15) is 5.75 Å². The summed E-state index contributed by atoms with van der Waals surface area (Å²) in [6.45, 7) is 3.69. The number of rotatable bonds is 15. The highest BCUT2D eigenvalue weighted by Gasteiger charge is 2.81. The molecule has 2 fully saturated rings. The lowest BCUT2D eigenvalue weighted by molar-refractivity contribution is -0.396. The Hall–Kier alpha value is -1.69. The minimum absolute atomic E-state index is 0.0118. The molecule has 46 heavy (non-hydrogen) atoms. The van der Waals surface area contributed by atoms with E-state index in [1.807, 2.05) is 13.1 Å². The normalized spacial score (nSPS) is 28.7. The number of alkyl halides is 9. The van der Waals surface area contributed by atoms with Crippen LogP contribution in [0.25, 0.3) is 0 Å². The van der Waals surface area contributed by atoms with Crippen LogP contribution in [-0.2, 0) is 6.42 Å². The number of aliphatic hydroxyl groups is 1. The van der Waals surface area contributed by atoms with Gasteiger partial charge >= 0.3 is 23.9 Å². The fourth-order valence-corrected chi connectivity index (χ4v) is 8.85. The van der Waals surface area contributed by atoms with Crippen molar-refractivity contribution >= 4 is 0 Å². The molecule has 1 aromatic rings. The van der Waals surface area contributed by atoms with Crippen molar-refractivity contribution in [1.82, 2.24) is 4.90 Å². The summed E-state index contributed by atoms with van der Waals surface area (Å²) in [5, 5.41) is 21.0. The van der Waals surface area contributed by atoms with Gasteiger partial charge in [-0.15, -0.1) is 0 Å². The van der Waals surface area contributed by atoms with Crippen molar-refractivity contribution in [2.75, 3.05) is 20.1 Å². The van der Waals surface area contributed by atoms with E-state index in [4.69, 9.17) is 0 Å². The minimum atomic E-state index is -6.82. The Morgan fingerprint density at radius 2 is 1.46 bits per heavy atom. The molecule has 1 aromatic carbocycles. The highest BCUT2D eigenvalue weighted by molar-refractivity contribution is 5.40. The summed E-state index contributed by atoms with van der Waals surface area (Å²) in [7, 11) is 1.91. The van der Waals surface area contributed by atoms with Crippen LogP contribution in [0.2, 0.25) is 0 Å². The molecule has 2 N–H and O–H groups in total. The molecule has 2 saturated carbocycles. The number of aryl methyl sites for hydroxylation is 1. The molecule has 0 aromatic heterocycles. The second-order valence-electron chi connectivity index (χ2n) is 14.4. The van der Waals surface area contributed by atoms with Crippen LogP contribution >= 0.6 is 0 Å². The van der Waals surface area contributed by atoms with Crippen LogP contribution in [0.15, 0.2) is 18.2 Å². The van der Waals surface area contributed by atoms with E-state index < -0.39 is 36.8 Å². The van der Waals surface area contributed by atoms with Gasteiger partial charge in [0.15, 0.2) is 0 Å². The first kappa shape index (κ1) is 37.1. The van der Waals surface area contributed by atoms with Gasteiger partial charge in [-0.1, -0.05) is 38.7 Å². The first-order chi connectivity index (χ1) is 21.3. The number of halogens is 9. The van der Waals surface area contributed by atoms with E-state index in [1.165, 1.54) is 11.1 Å². The van der Waals surface area contributed by atoms with Crippen molar-refractivity contribution in [3.8, 4) is 5.75 Å². The number of aliphatic hydroxyl groups excluding tert-OH is 1. The van der Waals surface area contributed by atoms with Gasteiger partial charge in [-0.25, -0.2) is 0 Å². The molecule has 0 unspecified atom stereocenters. The van der Waals surface area contributed by atoms with Gasteiger partial charge < -0.3 is 15.1 Å². The summed E-state index contributed by atoms with van der Waals surface area (Å²) in [5.74, 6) is -16.6. The fourth-order valence-electron chi connectivity index (χ4n) is 8.85. The first-order valence-electron chi connectivity index (χ1n) is 16.7. The van der Waals surface area contributed by atoms with E-state index >= 15 is 0 Å². The number of phenolic OH excluding ortho intramolecular Hbond substituents is 1. The summed E-state index contributed by atoms with van der Waals surface area (Å²) < 4.78 is 117. The molecule has 4 rings (SSSR count). The summed E-state index contributed by atoms with van der Waals surface area (Å²) >= 11 is 0. The molecular weight excluding hydrogens is 625 g/mol. The van der Waals surface area contributed by atoms with E-state index in [1.54, 1.807) is 6.07 Å². The van der Waals surface area contributed by atoms with E-state index in [9.17, 15) is 49.7 Å². The Bertz CT molecular complexity index is 1160. The molecule has 0 radical (unpaired) electrons. The van der Waals surface area contributed by atoms with Crippen LogP contribution < -0.4 is 0 Å². The average molecular weight is 674 g/mol. The number of nitrogens with zero attached hydrogens (tertiary/aromatic N) is 1. The van der Waals surface area contributed by atoms with Gasteiger partial charge in [0.2, 0.25) is 0 Å². The summed E-state index contributed by atoms with van der Waals surface area (Å²) in [5.41, 5.74) is 2.54. The summed E-state index contributed by atoms with van der Waals surface area (Å²) in [6.07, 6.45) is 0.527. The van der Waals surface area contributed by atoms with Crippen LogP contribution in [0.5, 0.6) is 5.75 Å². The third kappa shape index (κ3) is 7.32. The topological polar surface area (TPSA) is 43.7 Å². The molecule has 3 aliphatic rings. The lowest BCUT2D eigenvalue weighted by atomic mass is 9.51. The van der Waals surface area contributed by atoms with E-state index in [-0.39, 0.29) is 17.9 Å². The van der Waals surface area contributed by atoms with Crippen molar-refractivity contribution in [2.24, 2.45) is 23.2 Å². The lowest BCUT2D eigenvalue weighted by Crippen LogP contribution is -2.60. The molecular formula is C34H48F9NO2. The van der Waals surface area contributed by atoms with Crippen molar-refractivity contribution < 1.29 is 49.7 Å². The van der Waals surface area contributed by atoms with Gasteiger partial charge in [-0.05, 0) is 130 Å². The molecule has 0 heterocycles. The highest BCUT2D eigenvalue weighted by Crippen LogP contribution is 2.63. The van der Waals surface area contributed by atoms with Gasteiger partial charge in [-0.2, -0.15) is 39.5 Å². The number of benzene rings is 1. The number of phenols is 1. The maximum Gasteiger partial charge on any atom is 0.460 e. The SMILES string of the molecule is CN(CCCCCCC(F)(F)C(F)(F)C(F)(F)C(F)(F)F)CCCCC[C@H]1C[C@]2(C)[C@@H](O)CC[C@H]2[C@@H]2CCc3cc(O)ccc3[C@@H]12. The maximum absolute atomic E-state index is 13.7. The molecule has 0 saturated heterocycles. The van der Waals surface area contributed by atoms with Crippen molar-refractivity contribution in [2.45, 2.75) is 133 Å². The standard InChI is InChI=1S/C34H48F9NO2/c1-30-21-23(29-25-14-12-24(45)20-22(25)11-13-26(29)27(30)15-16-28(30)46)10-6-5-9-19-44(2)18-8-4-3-7-17-31(35,36)32(37,38)33(39,40)34(41,42)43/h12,14,20,23,26-29,45-46H,3-11,13,15-19,21H2,1-2H3/t23-,26-,27-,28-,29+,30-/m0/s1. The van der Waals surface area contributed by atoms with E-state index in [0.717, 1.165) is 64.3 Å². The predicted octanol–water partition coefficient (Wildman–Crippen LogP) is 9.75. The number of fused-ring (bicyclic) bond motifs is 5. The van der Waals surface area contributed by atoms with Crippen LogP contribution in [0.4, 0.5) is 39.5 Å². The predicted molar refractivity (Wildman–Crippen MR) is 158 cm³/mol. The zero-order chi connectivity index (χ0) is 34.1. The number of hydrogen-bond acceptors (Lipinski definition) is 3. The molecule has 0 amide bonds. The molecule has 12 heteroatoms. The monoisotopic (exact) mass is 673 g/mol. The smallest absolute Gasteiger partial charge is 0.460 e. The van der Waals surface area contributed by atoms with Gasteiger partial charge in [-0.3, -0.25) is 0 Å². The second kappa shape index (κ2) is 14.0. The Morgan fingerprint density at radius 3 is 2.11 bits per heavy atom. The van der Waals surface area contributed by atoms with Gasteiger partial charge in [0.25, 0.3) is 0 Å². The third-order valence-corrected chi connectivity index (χ3v) is 11.4. The van der Waals surface area contributed by atoms with Crippen LogP contribution in [-0.4, -0.2) is 65.3 Å². The van der Waals surface area contributed by atoms with Gasteiger partial charge in [0, 0.05) is 6.42 Å². The third-order valence-electron chi connectivity index (χ3n) is 11.4. The summed E-state index contributed by atoms with van der Waals surface area (Å²) in [4.78, 5) is 2.08.